The van der Waals surface area contributed by atoms with Gasteiger partial charge in [-0.15, -0.1) is 0 Å². The molecule has 0 saturated carbocycles. The van der Waals surface area contributed by atoms with Crippen molar-refractivity contribution < 1.29 is 4.79 Å². The molecular formula is C12H12BrNO. The minimum Gasteiger partial charge on any atom is -0.300 e. The van der Waals surface area contributed by atoms with Gasteiger partial charge in [0.1, 0.15) is 5.78 Å². The maximum atomic E-state index is 11.1. The average Bonchev–Trinajstić information content (AvgIpc) is 2.17. The Hall–Kier alpha value is -1.14. The van der Waals surface area contributed by atoms with Gasteiger partial charge in [-0.3, -0.25) is 4.79 Å². The molecule has 78 valence electrons. The molecule has 0 N–H and O–H groups in total. The van der Waals surface area contributed by atoms with Crippen LogP contribution in [0.4, 0.5) is 0 Å². The number of hydrogen-bond donors (Lipinski definition) is 0. The Morgan fingerprint density at radius 1 is 1.53 bits per heavy atom. The third kappa shape index (κ3) is 2.66. The smallest absolute Gasteiger partial charge is 0.131 e. The lowest BCUT2D eigenvalue weighted by molar-refractivity contribution is -0.117. The van der Waals surface area contributed by atoms with Crippen molar-refractivity contribution in [2.75, 3.05) is 0 Å². The van der Waals surface area contributed by atoms with Gasteiger partial charge in [-0.25, -0.2) is 0 Å². The maximum Gasteiger partial charge on any atom is 0.131 e. The fourth-order valence-electron chi connectivity index (χ4n) is 1.60. The van der Waals surface area contributed by atoms with Crippen molar-refractivity contribution in [1.29, 1.82) is 5.26 Å². The summed E-state index contributed by atoms with van der Waals surface area (Å²) in [5, 5.41) is 9.19. The zero-order valence-corrected chi connectivity index (χ0v) is 10.3. The summed E-state index contributed by atoms with van der Waals surface area (Å²) in [6.45, 7) is 3.29. The zero-order chi connectivity index (χ0) is 11.5. The average molecular weight is 266 g/mol. The molecule has 1 atom stereocenters. The molecule has 0 aromatic heterocycles. The number of nitrogens with zero attached hydrogens (tertiary/aromatic N) is 1. The van der Waals surface area contributed by atoms with Crippen LogP contribution in [0.25, 0.3) is 0 Å². The van der Waals surface area contributed by atoms with Gasteiger partial charge >= 0.3 is 0 Å². The number of rotatable bonds is 3. The molecule has 1 unspecified atom stereocenters. The molecule has 0 amide bonds. The highest BCUT2D eigenvalue weighted by molar-refractivity contribution is 9.10. The van der Waals surface area contributed by atoms with Gasteiger partial charge in [0.15, 0.2) is 0 Å². The number of ketones is 1. The topological polar surface area (TPSA) is 40.9 Å². The molecule has 0 saturated heterocycles. The fraction of sp³-hybridized carbons (Fsp3) is 0.333. The molecule has 1 aromatic carbocycles. The van der Waals surface area contributed by atoms with Crippen molar-refractivity contribution in [3.8, 4) is 6.07 Å². The van der Waals surface area contributed by atoms with E-state index in [1.807, 2.05) is 24.3 Å². The van der Waals surface area contributed by atoms with Crippen LogP contribution in [0.1, 0.15) is 25.8 Å². The molecule has 1 rings (SSSR count). The summed E-state index contributed by atoms with van der Waals surface area (Å²) < 4.78 is 0.871. The molecule has 3 heteroatoms. The molecule has 0 spiro atoms. The van der Waals surface area contributed by atoms with E-state index in [0.717, 1.165) is 10.0 Å². The minimum absolute atomic E-state index is 0.0230. The minimum atomic E-state index is -0.744. The van der Waals surface area contributed by atoms with Crippen LogP contribution < -0.4 is 0 Å². The zero-order valence-electron chi connectivity index (χ0n) is 8.75. The molecule has 15 heavy (non-hydrogen) atoms. The maximum absolute atomic E-state index is 11.1. The first-order valence-corrected chi connectivity index (χ1v) is 5.44. The van der Waals surface area contributed by atoms with Crippen molar-refractivity contribution >= 4 is 21.7 Å². The van der Waals surface area contributed by atoms with Crippen LogP contribution in [-0.4, -0.2) is 5.78 Å². The monoisotopic (exact) mass is 265 g/mol. The third-order valence-corrected chi connectivity index (χ3v) is 3.01. The lowest BCUT2D eigenvalue weighted by Crippen LogP contribution is -2.23. The summed E-state index contributed by atoms with van der Waals surface area (Å²) in [5.41, 5.74) is 0.119. The van der Waals surface area contributed by atoms with Gasteiger partial charge in [0.05, 0.1) is 11.5 Å². The lowest BCUT2D eigenvalue weighted by atomic mass is 9.80. The van der Waals surface area contributed by atoms with Gasteiger partial charge < -0.3 is 0 Å². The Balaban J connectivity index is 3.18. The SMILES string of the molecule is CC(=O)CC(C)(C#N)c1ccccc1Br. The second-order valence-electron chi connectivity index (χ2n) is 3.80. The highest BCUT2D eigenvalue weighted by Crippen LogP contribution is 2.32. The van der Waals surface area contributed by atoms with E-state index in [2.05, 4.69) is 22.0 Å². The van der Waals surface area contributed by atoms with Gasteiger partial charge in [0, 0.05) is 10.9 Å². The summed E-state index contributed by atoms with van der Waals surface area (Å²) in [6.07, 6.45) is 0.242. The second kappa shape index (κ2) is 4.59. The first-order chi connectivity index (χ1) is 6.99. The Kier molecular flexibility index (Phi) is 3.65. The first kappa shape index (κ1) is 11.9. The molecule has 1 aromatic rings. The van der Waals surface area contributed by atoms with Crippen molar-refractivity contribution in [3.63, 3.8) is 0 Å². The number of benzene rings is 1. The van der Waals surface area contributed by atoms with Gasteiger partial charge in [-0.05, 0) is 25.5 Å². The lowest BCUT2D eigenvalue weighted by Gasteiger charge is -2.21. The predicted molar refractivity (Wildman–Crippen MR) is 62.4 cm³/mol. The molecule has 0 fully saturated rings. The number of Topliss-reactive ketones (excluding diaryl/α,β-unsaturated/α-hetero) is 1. The molecular weight excluding hydrogens is 254 g/mol. The van der Waals surface area contributed by atoms with E-state index in [0.29, 0.717) is 0 Å². The number of halogens is 1. The van der Waals surface area contributed by atoms with E-state index < -0.39 is 5.41 Å². The van der Waals surface area contributed by atoms with Crippen molar-refractivity contribution in [3.05, 3.63) is 34.3 Å². The van der Waals surface area contributed by atoms with Crippen molar-refractivity contribution in [2.24, 2.45) is 0 Å². The van der Waals surface area contributed by atoms with E-state index in [1.165, 1.54) is 6.92 Å². The second-order valence-corrected chi connectivity index (χ2v) is 4.66. The first-order valence-electron chi connectivity index (χ1n) is 4.65. The standard InChI is InChI=1S/C12H12BrNO/c1-9(15)7-12(2,8-14)10-5-3-4-6-11(10)13/h3-6H,7H2,1-2H3. The highest BCUT2D eigenvalue weighted by atomic mass is 79.9. The Labute approximate surface area is 98.0 Å². The quantitative estimate of drug-likeness (QED) is 0.842. The summed E-state index contributed by atoms with van der Waals surface area (Å²) in [5.74, 6) is 0.0230. The summed E-state index contributed by atoms with van der Waals surface area (Å²) in [7, 11) is 0. The fourth-order valence-corrected chi connectivity index (χ4v) is 2.32. The molecule has 0 aliphatic heterocycles. The van der Waals surface area contributed by atoms with Gasteiger partial charge in [0.2, 0.25) is 0 Å². The molecule has 0 radical (unpaired) electrons. The van der Waals surface area contributed by atoms with Crippen LogP contribution in [0.5, 0.6) is 0 Å². The number of carbonyl (C=O) groups is 1. The van der Waals surface area contributed by atoms with Crippen LogP contribution in [-0.2, 0) is 10.2 Å². The summed E-state index contributed by atoms with van der Waals surface area (Å²) >= 11 is 3.40. The number of carbonyl (C=O) groups excluding carboxylic acids is 1. The van der Waals surface area contributed by atoms with Gasteiger partial charge in [0.25, 0.3) is 0 Å². The van der Waals surface area contributed by atoms with E-state index in [1.54, 1.807) is 6.92 Å². The molecule has 0 aliphatic carbocycles. The summed E-state index contributed by atoms with van der Waals surface area (Å²) in [6, 6.07) is 9.73. The van der Waals surface area contributed by atoms with E-state index in [4.69, 9.17) is 0 Å². The molecule has 0 bridgehead atoms. The van der Waals surface area contributed by atoms with Crippen molar-refractivity contribution in [2.45, 2.75) is 25.7 Å². The number of hydrogen-bond acceptors (Lipinski definition) is 2. The third-order valence-electron chi connectivity index (χ3n) is 2.32. The normalized spacial score (nSPS) is 14.0. The van der Waals surface area contributed by atoms with Crippen molar-refractivity contribution in [1.82, 2.24) is 0 Å². The predicted octanol–water partition coefficient (Wildman–Crippen LogP) is 3.21. The van der Waals surface area contributed by atoms with Crippen LogP contribution >= 0.6 is 15.9 Å². The van der Waals surface area contributed by atoms with Crippen LogP contribution in [0.3, 0.4) is 0 Å². The van der Waals surface area contributed by atoms with Crippen LogP contribution in [0, 0.1) is 11.3 Å². The Morgan fingerprint density at radius 3 is 2.60 bits per heavy atom. The summed E-state index contributed by atoms with van der Waals surface area (Å²) in [4.78, 5) is 11.1. The Bertz CT molecular complexity index is 422. The molecule has 0 aliphatic rings. The van der Waals surface area contributed by atoms with Gasteiger partial charge in [-0.2, -0.15) is 5.26 Å². The van der Waals surface area contributed by atoms with E-state index >= 15 is 0 Å². The highest BCUT2D eigenvalue weighted by Gasteiger charge is 2.29. The van der Waals surface area contributed by atoms with E-state index in [-0.39, 0.29) is 12.2 Å². The molecule has 2 nitrogen and oxygen atoms in total. The molecule has 0 heterocycles. The number of nitriles is 1. The van der Waals surface area contributed by atoms with Crippen LogP contribution in [0.15, 0.2) is 28.7 Å². The Morgan fingerprint density at radius 2 is 2.13 bits per heavy atom. The van der Waals surface area contributed by atoms with E-state index in [9.17, 15) is 10.1 Å². The van der Waals surface area contributed by atoms with Crippen LogP contribution in [0.2, 0.25) is 0 Å². The largest absolute Gasteiger partial charge is 0.300 e. The van der Waals surface area contributed by atoms with Gasteiger partial charge in [-0.1, -0.05) is 34.1 Å².